The van der Waals surface area contributed by atoms with Gasteiger partial charge in [-0.3, -0.25) is 4.79 Å². The van der Waals surface area contributed by atoms with E-state index in [2.05, 4.69) is 15.9 Å². The maximum Gasteiger partial charge on any atom is 0.314 e. The van der Waals surface area contributed by atoms with E-state index >= 15 is 0 Å². The first kappa shape index (κ1) is 15.1. The van der Waals surface area contributed by atoms with E-state index in [1.54, 1.807) is 6.07 Å². The van der Waals surface area contributed by atoms with Crippen molar-refractivity contribution in [3.63, 3.8) is 0 Å². The molecule has 1 aliphatic carbocycles. The Balaban J connectivity index is 2.70. The van der Waals surface area contributed by atoms with Gasteiger partial charge in [0.25, 0.3) is 0 Å². The predicted molar refractivity (Wildman–Crippen MR) is 75.0 cm³/mol. The van der Waals surface area contributed by atoms with Crippen LogP contribution in [-0.2, 0) is 10.2 Å². The number of aliphatic carboxylic acids is 1. The van der Waals surface area contributed by atoms with Crippen LogP contribution in [0, 0.1) is 5.82 Å². The molecule has 0 saturated heterocycles. The number of methoxy groups -OCH3 is 2. The Morgan fingerprint density at radius 3 is 2.30 bits per heavy atom. The van der Waals surface area contributed by atoms with Crippen LogP contribution in [0.1, 0.15) is 31.2 Å². The number of halogens is 2. The zero-order valence-corrected chi connectivity index (χ0v) is 12.9. The molecule has 4 nitrogen and oxygen atoms in total. The number of ether oxygens (including phenoxy) is 2. The Morgan fingerprint density at radius 1 is 1.30 bits per heavy atom. The molecule has 0 aromatic heterocycles. The molecule has 110 valence electrons. The van der Waals surface area contributed by atoms with Gasteiger partial charge in [-0.25, -0.2) is 0 Å². The van der Waals surface area contributed by atoms with E-state index in [4.69, 9.17) is 9.47 Å². The van der Waals surface area contributed by atoms with Crippen molar-refractivity contribution in [2.24, 2.45) is 0 Å². The number of hydrogen-bond donors (Lipinski definition) is 1. The van der Waals surface area contributed by atoms with E-state index in [0.29, 0.717) is 22.9 Å². The normalized spacial score (nSPS) is 17.0. The van der Waals surface area contributed by atoms with E-state index in [9.17, 15) is 14.3 Å². The van der Waals surface area contributed by atoms with Gasteiger partial charge in [0.15, 0.2) is 11.5 Å². The van der Waals surface area contributed by atoms with Gasteiger partial charge in [-0.1, -0.05) is 12.8 Å². The quantitative estimate of drug-likeness (QED) is 0.906. The summed E-state index contributed by atoms with van der Waals surface area (Å²) in [5, 5.41) is 9.62. The average Bonchev–Trinajstić information content (AvgIpc) is 2.89. The van der Waals surface area contributed by atoms with E-state index in [1.165, 1.54) is 14.2 Å². The first-order chi connectivity index (χ1) is 9.47. The zero-order valence-electron chi connectivity index (χ0n) is 11.3. The van der Waals surface area contributed by atoms with Crippen LogP contribution in [0.3, 0.4) is 0 Å². The fourth-order valence-electron chi connectivity index (χ4n) is 2.90. The van der Waals surface area contributed by atoms with Crippen LogP contribution < -0.4 is 9.47 Å². The highest BCUT2D eigenvalue weighted by atomic mass is 79.9. The largest absolute Gasteiger partial charge is 0.493 e. The van der Waals surface area contributed by atoms with Crippen LogP contribution in [0.5, 0.6) is 11.5 Å². The van der Waals surface area contributed by atoms with Gasteiger partial charge in [-0.15, -0.1) is 0 Å². The molecule has 0 radical (unpaired) electrons. The second-order valence-corrected chi connectivity index (χ2v) is 5.74. The molecule has 0 aliphatic heterocycles. The molecule has 0 unspecified atom stereocenters. The fourth-order valence-corrected chi connectivity index (χ4v) is 3.47. The number of rotatable bonds is 4. The minimum atomic E-state index is -1.08. The molecule has 0 heterocycles. The third kappa shape index (κ3) is 2.16. The van der Waals surface area contributed by atoms with Crippen molar-refractivity contribution in [2.45, 2.75) is 31.1 Å². The van der Waals surface area contributed by atoms with Gasteiger partial charge in [0.2, 0.25) is 5.82 Å². The molecule has 1 fully saturated rings. The lowest BCUT2D eigenvalue weighted by Gasteiger charge is -2.27. The van der Waals surface area contributed by atoms with E-state index in [-0.39, 0.29) is 11.5 Å². The molecule has 1 aromatic rings. The lowest BCUT2D eigenvalue weighted by molar-refractivity contribution is -0.143. The molecule has 0 spiro atoms. The number of carbonyl (C=O) groups is 1. The third-order valence-electron chi connectivity index (χ3n) is 3.92. The number of hydrogen-bond acceptors (Lipinski definition) is 3. The van der Waals surface area contributed by atoms with Crippen LogP contribution in [0.2, 0.25) is 0 Å². The molecule has 0 amide bonds. The Hall–Kier alpha value is -1.30. The van der Waals surface area contributed by atoms with Crippen molar-refractivity contribution in [3.05, 3.63) is 21.9 Å². The SMILES string of the molecule is COc1c(Br)cc(C2(C(=O)O)CCCC2)c(OC)c1F. The van der Waals surface area contributed by atoms with Gasteiger partial charge in [0.05, 0.1) is 24.1 Å². The summed E-state index contributed by atoms with van der Waals surface area (Å²) >= 11 is 3.23. The fraction of sp³-hybridized carbons (Fsp3) is 0.500. The standard InChI is InChI=1S/C14H16BrFO4/c1-19-11-8(7-9(15)12(20-2)10(11)16)14(13(17)18)5-3-4-6-14/h7H,3-6H2,1-2H3,(H,17,18). The zero-order chi connectivity index (χ0) is 14.9. The summed E-state index contributed by atoms with van der Waals surface area (Å²) in [6, 6.07) is 1.60. The second-order valence-electron chi connectivity index (χ2n) is 4.88. The van der Waals surface area contributed by atoms with E-state index in [0.717, 1.165) is 12.8 Å². The molecular formula is C14H16BrFO4. The molecular weight excluding hydrogens is 331 g/mol. The average molecular weight is 347 g/mol. The van der Waals surface area contributed by atoms with Crippen molar-refractivity contribution in [3.8, 4) is 11.5 Å². The smallest absolute Gasteiger partial charge is 0.314 e. The maximum atomic E-state index is 14.4. The highest BCUT2D eigenvalue weighted by Crippen LogP contribution is 2.49. The van der Waals surface area contributed by atoms with Crippen molar-refractivity contribution in [2.75, 3.05) is 14.2 Å². The topological polar surface area (TPSA) is 55.8 Å². The lowest BCUT2D eigenvalue weighted by Crippen LogP contribution is -2.33. The van der Waals surface area contributed by atoms with Crippen LogP contribution in [-0.4, -0.2) is 25.3 Å². The van der Waals surface area contributed by atoms with Crippen LogP contribution >= 0.6 is 15.9 Å². The second kappa shape index (κ2) is 5.60. The number of carboxylic acid groups (broad SMARTS) is 1. The Labute approximate surface area is 125 Å². The Bertz CT molecular complexity index is 538. The number of benzene rings is 1. The maximum absolute atomic E-state index is 14.4. The summed E-state index contributed by atoms with van der Waals surface area (Å²) < 4.78 is 24.9. The first-order valence-electron chi connectivity index (χ1n) is 6.31. The summed E-state index contributed by atoms with van der Waals surface area (Å²) in [7, 11) is 2.69. The predicted octanol–water partition coefficient (Wildman–Crippen LogP) is 3.50. The molecule has 1 saturated carbocycles. The van der Waals surface area contributed by atoms with Gasteiger partial charge in [0.1, 0.15) is 0 Å². The summed E-state index contributed by atoms with van der Waals surface area (Å²) in [5.74, 6) is -1.64. The van der Waals surface area contributed by atoms with Gasteiger partial charge in [-0.05, 0) is 34.8 Å². The highest BCUT2D eigenvalue weighted by Gasteiger charge is 2.46. The van der Waals surface area contributed by atoms with Crippen molar-refractivity contribution >= 4 is 21.9 Å². The molecule has 0 atom stereocenters. The first-order valence-corrected chi connectivity index (χ1v) is 7.11. The summed E-state index contributed by atoms with van der Waals surface area (Å²) in [6.07, 6.45) is 2.58. The van der Waals surface area contributed by atoms with Crippen LogP contribution in [0.25, 0.3) is 0 Å². The third-order valence-corrected chi connectivity index (χ3v) is 4.51. The van der Waals surface area contributed by atoms with Crippen molar-refractivity contribution < 1.29 is 23.8 Å². The van der Waals surface area contributed by atoms with Crippen LogP contribution in [0.4, 0.5) is 4.39 Å². The summed E-state index contributed by atoms with van der Waals surface area (Å²) in [5.41, 5.74) is -0.712. The van der Waals surface area contributed by atoms with E-state index < -0.39 is 17.2 Å². The minimum absolute atomic E-state index is 0.0177. The number of carboxylic acids is 1. The Morgan fingerprint density at radius 2 is 1.85 bits per heavy atom. The molecule has 1 aromatic carbocycles. The Kier molecular flexibility index (Phi) is 4.22. The summed E-state index contributed by atoms with van der Waals surface area (Å²) in [6.45, 7) is 0. The van der Waals surface area contributed by atoms with Gasteiger partial charge >= 0.3 is 5.97 Å². The molecule has 2 rings (SSSR count). The van der Waals surface area contributed by atoms with Crippen molar-refractivity contribution in [1.29, 1.82) is 0 Å². The van der Waals surface area contributed by atoms with Gasteiger partial charge in [0, 0.05) is 5.56 Å². The molecule has 1 N–H and O–H groups in total. The minimum Gasteiger partial charge on any atom is -0.493 e. The van der Waals surface area contributed by atoms with Crippen LogP contribution in [0.15, 0.2) is 10.5 Å². The van der Waals surface area contributed by atoms with Gasteiger partial charge in [-0.2, -0.15) is 4.39 Å². The monoisotopic (exact) mass is 346 g/mol. The molecule has 0 bridgehead atoms. The summed E-state index contributed by atoms with van der Waals surface area (Å²) in [4.78, 5) is 11.7. The van der Waals surface area contributed by atoms with E-state index in [1.807, 2.05) is 0 Å². The molecule has 1 aliphatic rings. The van der Waals surface area contributed by atoms with Gasteiger partial charge < -0.3 is 14.6 Å². The lowest BCUT2D eigenvalue weighted by atomic mass is 9.78. The van der Waals surface area contributed by atoms with Crippen molar-refractivity contribution in [1.82, 2.24) is 0 Å². The molecule has 20 heavy (non-hydrogen) atoms. The highest BCUT2D eigenvalue weighted by molar-refractivity contribution is 9.10. The molecule has 6 heteroatoms.